The minimum absolute atomic E-state index is 0.907. The summed E-state index contributed by atoms with van der Waals surface area (Å²) in [6, 6.07) is 63.7. The Morgan fingerprint density at radius 2 is 1.00 bits per heavy atom. The molecule has 0 N–H and O–H groups in total. The van der Waals surface area contributed by atoms with Crippen molar-refractivity contribution in [3.8, 4) is 39.1 Å². The first-order chi connectivity index (χ1) is 25.3. The van der Waals surface area contributed by atoms with Gasteiger partial charge in [-0.25, -0.2) is 0 Å². The number of hydrogen-bond donors (Lipinski definition) is 0. The molecular weight excluding hydrogens is 639 g/mol. The first-order valence-corrected chi connectivity index (χ1v) is 18.2. The summed E-state index contributed by atoms with van der Waals surface area (Å²) in [4.78, 5) is 0. The van der Waals surface area contributed by atoms with E-state index in [-0.39, 0.29) is 0 Å². The highest BCUT2D eigenvalue weighted by atomic mass is 32.1. The largest absolute Gasteiger partial charge is 0.456 e. The van der Waals surface area contributed by atoms with Gasteiger partial charge in [-0.2, -0.15) is 0 Å². The van der Waals surface area contributed by atoms with Crippen LogP contribution in [0.1, 0.15) is 0 Å². The summed E-state index contributed by atoms with van der Waals surface area (Å²) in [5, 5.41) is 7.38. The van der Waals surface area contributed by atoms with Gasteiger partial charge < -0.3 is 8.98 Å². The van der Waals surface area contributed by atoms with Gasteiger partial charge in [0.2, 0.25) is 0 Å². The van der Waals surface area contributed by atoms with Crippen molar-refractivity contribution in [2.75, 3.05) is 0 Å². The van der Waals surface area contributed by atoms with Crippen LogP contribution in [-0.2, 0) is 0 Å². The topological polar surface area (TPSA) is 18.1 Å². The average molecular weight is 668 g/mol. The molecule has 0 aliphatic heterocycles. The number of furan rings is 1. The summed E-state index contributed by atoms with van der Waals surface area (Å²) in [6.07, 6.45) is 0. The summed E-state index contributed by atoms with van der Waals surface area (Å²) in [5.74, 6) is 0. The number of hydrogen-bond acceptors (Lipinski definition) is 2. The number of thiophene rings is 1. The minimum atomic E-state index is 0.907. The molecule has 0 amide bonds. The highest BCUT2D eigenvalue weighted by molar-refractivity contribution is 7.26. The third-order valence-electron chi connectivity index (χ3n) is 10.4. The predicted octanol–water partition coefficient (Wildman–Crippen LogP) is 14.1. The Morgan fingerprint density at radius 3 is 1.90 bits per heavy atom. The minimum Gasteiger partial charge on any atom is -0.456 e. The van der Waals surface area contributed by atoms with Crippen LogP contribution in [0.15, 0.2) is 180 Å². The maximum absolute atomic E-state index is 6.34. The monoisotopic (exact) mass is 667 g/mol. The summed E-state index contributed by atoms with van der Waals surface area (Å²) in [5.41, 5.74) is 12.6. The van der Waals surface area contributed by atoms with Gasteiger partial charge in [0.1, 0.15) is 11.2 Å². The molecule has 3 heterocycles. The van der Waals surface area contributed by atoms with Crippen molar-refractivity contribution in [1.82, 2.24) is 4.57 Å². The van der Waals surface area contributed by atoms with Crippen LogP contribution in [0.25, 0.3) is 103 Å². The van der Waals surface area contributed by atoms with E-state index in [2.05, 4.69) is 168 Å². The van der Waals surface area contributed by atoms with Crippen LogP contribution in [0, 0.1) is 0 Å². The van der Waals surface area contributed by atoms with Gasteiger partial charge in [0.25, 0.3) is 0 Å². The number of nitrogens with zero attached hydrogens (tertiary/aromatic N) is 1. The molecule has 11 rings (SSSR count). The normalized spacial score (nSPS) is 11.9. The van der Waals surface area contributed by atoms with E-state index in [1.165, 1.54) is 69.8 Å². The SMILES string of the molecule is c1ccc(-c2cccc3c2sc2ccccc23)c(-c2ccccc2-n2c3ccccc3c3c(-c4ccc5c(c4)oc4ccccc45)cccc32)c1. The molecule has 8 aromatic carbocycles. The van der Waals surface area contributed by atoms with Crippen molar-refractivity contribution >= 4 is 75.3 Å². The van der Waals surface area contributed by atoms with Gasteiger partial charge >= 0.3 is 0 Å². The molecule has 0 saturated carbocycles. The number of rotatable bonds is 4. The molecule has 3 heteroatoms. The Balaban J connectivity index is 1.15. The fourth-order valence-electron chi connectivity index (χ4n) is 8.22. The summed E-state index contributed by atoms with van der Waals surface area (Å²) < 4.78 is 11.4. The van der Waals surface area contributed by atoms with Crippen molar-refractivity contribution in [1.29, 1.82) is 0 Å². The second-order valence-electron chi connectivity index (χ2n) is 13.2. The fraction of sp³-hybridized carbons (Fsp3) is 0. The molecule has 0 aliphatic carbocycles. The lowest BCUT2D eigenvalue weighted by atomic mass is 9.92. The third-order valence-corrected chi connectivity index (χ3v) is 11.7. The van der Waals surface area contributed by atoms with Crippen LogP contribution >= 0.6 is 11.3 Å². The molecule has 0 bridgehead atoms. The van der Waals surface area contributed by atoms with Crippen LogP contribution < -0.4 is 0 Å². The quantitative estimate of drug-likeness (QED) is 0.183. The molecule has 0 fully saturated rings. The van der Waals surface area contributed by atoms with E-state index in [0.717, 1.165) is 33.2 Å². The zero-order valence-electron chi connectivity index (χ0n) is 27.5. The smallest absolute Gasteiger partial charge is 0.136 e. The molecule has 0 spiro atoms. The Labute approximate surface area is 298 Å². The van der Waals surface area contributed by atoms with E-state index in [1.807, 2.05) is 23.5 Å². The molecule has 0 unspecified atom stereocenters. The molecule has 3 aromatic heterocycles. The fourth-order valence-corrected chi connectivity index (χ4v) is 9.45. The lowest BCUT2D eigenvalue weighted by Gasteiger charge is -2.17. The van der Waals surface area contributed by atoms with E-state index in [4.69, 9.17) is 4.42 Å². The summed E-state index contributed by atoms with van der Waals surface area (Å²) >= 11 is 1.88. The lowest BCUT2D eigenvalue weighted by Crippen LogP contribution is -1.98. The first-order valence-electron chi connectivity index (χ1n) is 17.4. The van der Waals surface area contributed by atoms with Crippen LogP contribution in [0.5, 0.6) is 0 Å². The van der Waals surface area contributed by atoms with Crippen molar-refractivity contribution in [2.45, 2.75) is 0 Å². The Kier molecular flexibility index (Phi) is 6.16. The van der Waals surface area contributed by atoms with Crippen molar-refractivity contribution in [2.24, 2.45) is 0 Å². The Bertz CT molecular complexity index is 3160. The molecule has 0 atom stereocenters. The second-order valence-corrected chi connectivity index (χ2v) is 14.3. The van der Waals surface area contributed by atoms with Crippen LogP contribution in [0.2, 0.25) is 0 Å². The average Bonchev–Trinajstić information content (AvgIpc) is 3.87. The molecule has 11 aromatic rings. The molecule has 2 nitrogen and oxygen atoms in total. The maximum Gasteiger partial charge on any atom is 0.136 e. The highest BCUT2D eigenvalue weighted by Crippen LogP contribution is 2.45. The third kappa shape index (κ3) is 4.22. The highest BCUT2D eigenvalue weighted by Gasteiger charge is 2.21. The van der Waals surface area contributed by atoms with Crippen LogP contribution in [-0.4, -0.2) is 4.57 Å². The van der Waals surface area contributed by atoms with Crippen LogP contribution in [0.4, 0.5) is 0 Å². The Hall–Kier alpha value is -6.42. The second kappa shape index (κ2) is 11.0. The zero-order chi connectivity index (χ0) is 33.5. The zero-order valence-corrected chi connectivity index (χ0v) is 28.3. The van der Waals surface area contributed by atoms with Crippen LogP contribution in [0.3, 0.4) is 0 Å². The molecule has 238 valence electrons. The van der Waals surface area contributed by atoms with E-state index in [0.29, 0.717) is 0 Å². The van der Waals surface area contributed by atoms with Gasteiger partial charge in [-0.05, 0) is 64.7 Å². The van der Waals surface area contributed by atoms with Crippen molar-refractivity contribution < 1.29 is 4.42 Å². The van der Waals surface area contributed by atoms with Gasteiger partial charge in [-0.3, -0.25) is 0 Å². The van der Waals surface area contributed by atoms with E-state index < -0.39 is 0 Å². The predicted molar refractivity (Wildman–Crippen MR) is 217 cm³/mol. The van der Waals surface area contributed by atoms with Gasteiger partial charge in [0.05, 0.1) is 16.7 Å². The lowest BCUT2D eigenvalue weighted by molar-refractivity contribution is 0.669. The molecule has 0 saturated heterocycles. The van der Waals surface area contributed by atoms with Crippen molar-refractivity contribution in [3.63, 3.8) is 0 Å². The summed E-state index contributed by atoms with van der Waals surface area (Å²) in [6.45, 7) is 0. The number of fused-ring (bicyclic) bond motifs is 9. The number of para-hydroxylation sites is 3. The maximum atomic E-state index is 6.34. The van der Waals surface area contributed by atoms with Crippen molar-refractivity contribution in [3.05, 3.63) is 176 Å². The molecule has 51 heavy (non-hydrogen) atoms. The van der Waals surface area contributed by atoms with Gasteiger partial charge in [-0.1, -0.05) is 133 Å². The van der Waals surface area contributed by atoms with Gasteiger partial charge in [0, 0.05) is 52.8 Å². The number of benzene rings is 8. The van der Waals surface area contributed by atoms with E-state index in [1.54, 1.807) is 0 Å². The number of aromatic nitrogens is 1. The molecular formula is C48H29NOS. The molecule has 0 aliphatic rings. The molecule has 0 radical (unpaired) electrons. The van der Waals surface area contributed by atoms with Gasteiger partial charge in [-0.15, -0.1) is 11.3 Å². The van der Waals surface area contributed by atoms with Gasteiger partial charge in [0.15, 0.2) is 0 Å². The summed E-state index contributed by atoms with van der Waals surface area (Å²) in [7, 11) is 0. The standard InChI is InChI=1S/C48H29NOS/c1-2-14-33(38-20-11-21-39-37-17-6-10-26-46(37)51-48(38)39)32(13-1)34-15-3-7-22-41(34)49-42-23-8-4-18-40(42)47-31(19-12-24-43(47)49)30-27-28-36-35-16-5-9-25-44(35)50-45(36)29-30/h1-29H. The first kappa shape index (κ1) is 28.4. The Morgan fingerprint density at radius 1 is 0.392 bits per heavy atom. The van der Waals surface area contributed by atoms with E-state index in [9.17, 15) is 0 Å². The van der Waals surface area contributed by atoms with E-state index >= 15 is 0 Å².